The van der Waals surface area contributed by atoms with E-state index in [1.807, 2.05) is 0 Å². The van der Waals surface area contributed by atoms with Crippen LogP contribution in [0.2, 0.25) is 0 Å². The highest BCUT2D eigenvalue weighted by atomic mass is 14.2. The summed E-state index contributed by atoms with van der Waals surface area (Å²) in [4.78, 5) is 0. The van der Waals surface area contributed by atoms with Crippen LogP contribution in [0.3, 0.4) is 0 Å². The Labute approximate surface area is 51.3 Å². The molecule has 45 valence electrons. The molecule has 0 amide bonds. The summed E-state index contributed by atoms with van der Waals surface area (Å²) < 4.78 is 0. The van der Waals surface area contributed by atoms with E-state index in [2.05, 4.69) is 13.0 Å². The van der Waals surface area contributed by atoms with Crippen molar-refractivity contribution in [2.24, 2.45) is 0 Å². The summed E-state index contributed by atoms with van der Waals surface area (Å²) in [5.74, 6) is 0. The standard InChI is InChI=1S/C7H12N/c1-2-3-4-5-6-7-8/h1-6H2. The lowest BCUT2D eigenvalue weighted by Crippen LogP contribution is -1.72. The van der Waals surface area contributed by atoms with Crippen molar-refractivity contribution in [1.29, 1.82) is 5.26 Å². The van der Waals surface area contributed by atoms with Gasteiger partial charge in [0.05, 0.1) is 6.07 Å². The van der Waals surface area contributed by atoms with Gasteiger partial charge in [-0.2, -0.15) is 5.26 Å². The highest BCUT2D eigenvalue weighted by Gasteiger charge is 1.83. The van der Waals surface area contributed by atoms with Crippen LogP contribution in [0.1, 0.15) is 32.1 Å². The zero-order valence-electron chi connectivity index (χ0n) is 5.19. The Bertz CT molecular complexity index is 70.9. The highest BCUT2D eigenvalue weighted by molar-refractivity contribution is 4.67. The van der Waals surface area contributed by atoms with E-state index in [0.717, 1.165) is 19.3 Å². The third kappa shape index (κ3) is 5.49. The topological polar surface area (TPSA) is 23.8 Å². The molecule has 1 nitrogen and oxygen atoms in total. The van der Waals surface area contributed by atoms with Crippen LogP contribution in [0.4, 0.5) is 0 Å². The average molecular weight is 110 g/mol. The molecule has 0 heterocycles. The van der Waals surface area contributed by atoms with Crippen molar-refractivity contribution in [2.45, 2.75) is 32.1 Å². The average Bonchev–Trinajstić information content (AvgIpc) is 1.81. The maximum atomic E-state index is 8.10. The first-order valence-electron chi connectivity index (χ1n) is 3.08. The molecule has 0 aliphatic rings. The second-order valence-electron chi connectivity index (χ2n) is 1.82. The fraction of sp³-hybridized carbons (Fsp3) is 0.714. The van der Waals surface area contributed by atoms with Gasteiger partial charge in [-0.15, -0.1) is 0 Å². The van der Waals surface area contributed by atoms with Crippen molar-refractivity contribution in [3.63, 3.8) is 0 Å². The number of unbranched alkanes of at least 4 members (excludes halogenated alkanes) is 4. The van der Waals surface area contributed by atoms with Crippen molar-refractivity contribution in [2.75, 3.05) is 0 Å². The van der Waals surface area contributed by atoms with E-state index in [1.54, 1.807) is 0 Å². The Morgan fingerprint density at radius 1 is 1.25 bits per heavy atom. The second-order valence-corrected chi connectivity index (χ2v) is 1.82. The summed E-state index contributed by atoms with van der Waals surface area (Å²) in [6, 6.07) is 2.11. The zero-order valence-corrected chi connectivity index (χ0v) is 5.19. The van der Waals surface area contributed by atoms with Crippen molar-refractivity contribution in [3.8, 4) is 6.07 Å². The van der Waals surface area contributed by atoms with Crippen LogP contribution in [-0.4, -0.2) is 0 Å². The predicted octanol–water partition coefficient (Wildman–Crippen LogP) is 2.29. The van der Waals surface area contributed by atoms with Gasteiger partial charge in [0, 0.05) is 6.42 Å². The first-order chi connectivity index (χ1) is 3.91. The summed E-state index contributed by atoms with van der Waals surface area (Å²) in [6.07, 6.45) is 5.09. The third-order valence-corrected chi connectivity index (χ3v) is 1.04. The number of nitriles is 1. The smallest absolute Gasteiger partial charge is 0.0621 e. The molecule has 0 aliphatic carbocycles. The Kier molecular flexibility index (Phi) is 6.08. The maximum Gasteiger partial charge on any atom is 0.0621 e. The predicted molar refractivity (Wildman–Crippen MR) is 34.1 cm³/mol. The summed E-state index contributed by atoms with van der Waals surface area (Å²) >= 11 is 0. The minimum absolute atomic E-state index is 0.708. The van der Waals surface area contributed by atoms with E-state index in [9.17, 15) is 0 Å². The molecule has 0 saturated heterocycles. The van der Waals surface area contributed by atoms with Crippen molar-refractivity contribution >= 4 is 0 Å². The summed E-state index contributed by atoms with van der Waals surface area (Å²) in [6.45, 7) is 3.70. The number of nitrogens with zero attached hydrogens (tertiary/aromatic N) is 1. The van der Waals surface area contributed by atoms with E-state index in [-0.39, 0.29) is 0 Å². The lowest BCUT2D eigenvalue weighted by molar-refractivity contribution is 0.699. The van der Waals surface area contributed by atoms with Gasteiger partial charge in [0.25, 0.3) is 0 Å². The molecule has 0 unspecified atom stereocenters. The zero-order chi connectivity index (χ0) is 6.24. The van der Waals surface area contributed by atoms with E-state index >= 15 is 0 Å². The summed E-state index contributed by atoms with van der Waals surface area (Å²) in [5, 5.41) is 8.10. The first kappa shape index (κ1) is 7.49. The van der Waals surface area contributed by atoms with Crippen molar-refractivity contribution < 1.29 is 0 Å². The van der Waals surface area contributed by atoms with E-state index in [1.165, 1.54) is 6.42 Å². The Balaban J connectivity index is 2.65. The number of hydrogen-bond acceptors (Lipinski definition) is 1. The van der Waals surface area contributed by atoms with Crippen LogP contribution in [0.5, 0.6) is 0 Å². The molecule has 0 aliphatic heterocycles. The van der Waals surface area contributed by atoms with Gasteiger partial charge in [-0.1, -0.05) is 26.2 Å². The SMILES string of the molecule is [CH2]CCCCCC#N. The Morgan fingerprint density at radius 3 is 2.50 bits per heavy atom. The van der Waals surface area contributed by atoms with E-state index < -0.39 is 0 Å². The van der Waals surface area contributed by atoms with Gasteiger partial charge in [0.1, 0.15) is 0 Å². The lowest BCUT2D eigenvalue weighted by Gasteiger charge is -1.89. The quantitative estimate of drug-likeness (QED) is 0.509. The molecule has 0 spiro atoms. The molecule has 0 N–H and O–H groups in total. The minimum atomic E-state index is 0.708. The second kappa shape index (κ2) is 6.49. The first-order valence-corrected chi connectivity index (χ1v) is 3.08. The molecule has 0 rings (SSSR count). The molecule has 1 radical (unpaired) electrons. The summed E-state index contributed by atoms with van der Waals surface area (Å²) in [5.41, 5.74) is 0. The molecular formula is C7H12N. The van der Waals surface area contributed by atoms with Gasteiger partial charge in [0.15, 0.2) is 0 Å². The molecular weight excluding hydrogens is 98.1 g/mol. The molecule has 0 saturated carbocycles. The monoisotopic (exact) mass is 110 g/mol. The maximum absolute atomic E-state index is 8.10. The number of rotatable bonds is 4. The molecule has 8 heavy (non-hydrogen) atoms. The van der Waals surface area contributed by atoms with Crippen LogP contribution in [0.25, 0.3) is 0 Å². The Morgan fingerprint density at radius 2 is 2.00 bits per heavy atom. The Hall–Kier alpha value is -0.510. The number of hydrogen-bond donors (Lipinski definition) is 0. The largest absolute Gasteiger partial charge is 0.198 e. The van der Waals surface area contributed by atoms with Gasteiger partial charge in [-0.05, 0) is 6.42 Å². The van der Waals surface area contributed by atoms with Gasteiger partial charge in [-0.3, -0.25) is 0 Å². The van der Waals surface area contributed by atoms with E-state index in [0.29, 0.717) is 6.42 Å². The molecule has 0 fully saturated rings. The van der Waals surface area contributed by atoms with Gasteiger partial charge >= 0.3 is 0 Å². The van der Waals surface area contributed by atoms with Crippen LogP contribution in [0.15, 0.2) is 0 Å². The van der Waals surface area contributed by atoms with Crippen LogP contribution >= 0.6 is 0 Å². The van der Waals surface area contributed by atoms with Crippen LogP contribution in [0, 0.1) is 18.3 Å². The molecule has 1 heteroatoms. The molecule has 0 aromatic heterocycles. The molecule has 0 bridgehead atoms. The minimum Gasteiger partial charge on any atom is -0.198 e. The van der Waals surface area contributed by atoms with Gasteiger partial charge in [-0.25, -0.2) is 0 Å². The molecule has 0 atom stereocenters. The normalized spacial score (nSPS) is 8.50. The molecule has 0 aromatic rings. The van der Waals surface area contributed by atoms with E-state index in [4.69, 9.17) is 5.26 Å². The van der Waals surface area contributed by atoms with Gasteiger partial charge < -0.3 is 0 Å². The fourth-order valence-electron chi connectivity index (χ4n) is 0.558. The van der Waals surface area contributed by atoms with Crippen LogP contribution in [-0.2, 0) is 0 Å². The fourth-order valence-corrected chi connectivity index (χ4v) is 0.558. The summed E-state index contributed by atoms with van der Waals surface area (Å²) in [7, 11) is 0. The van der Waals surface area contributed by atoms with Crippen LogP contribution < -0.4 is 0 Å². The highest BCUT2D eigenvalue weighted by Crippen LogP contribution is 1.99. The van der Waals surface area contributed by atoms with Crippen molar-refractivity contribution in [1.82, 2.24) is 0 Å². The van der Waals surface area contributed by atoms with Crippen molar-refractivity contribution in [3.05, 3.63) is 6.92 Å². The van der Waals surface area contributed by atoms with Gasteiger partial charge in [0.2, 0.25) is 0 Å². The third-order valence-electron chi connectivity index (χ3n) is 1.04. The molecule has 0 aromatic carbocycles. The lowest BCUT2D eigenvalue weighted by atomic mass is 10.2.